The number of carboxylic acids is 1. The molecule has 4 nitrogen and oxygen atoms in total. The van der Waals surface area contributed by atoms with Gasteiger partial charge in [-0.3, -0.25) is 9.59 Å². The van der Waals surface area contributed by atoms with E-state index in [0.29, 0.717) is 5.75 Å². The Morgan fingerprint density at radius 3 is 2.50 bits per heavy atom. The van der Waals surface area contributed by atoms with Gasteiger partial charge < -0.3 is 9.84 Å². The van der Waals surface area contributed by atoms with Gasteiger partial charge >= 0.3 is 11.9 Å². The van der Waals surface area contributed by atoms with Crippen LogP contribution in [0.5, 0.6) is 0 Å². The van der Waals surface area contributed by atoms with Crippen LogP contribution in [0.25, 0.3) is 0 Å². The lowest BCUT2D eigenvalue weighted by Gasteiger charge is -2.09. The van der Waals surface area contributed by atoms with Gasteiger partial charge in [0.05, 0.1) is 19.4 Å². The Bertz CT molecular complexity index is 169. The molecule has 12 heavy (non-hydrogen) atoms. The summed E-state index contributed by atoms with van der Waals surface area (Å²) >= 11 is 1.43. The average molecular weight is 192 g/mol. The molecular formula is C7H12O4S. The number of carbonyl (C=O) groups excluding carboxylic acids is 1. The molecule has 0 amide bonds. The predicted octanol–water partition coefficient (Wildman–Crippen LogP) is 0.613. The van der Waals surface area contributed by atoms with Gasteiger partial charge in [-0.2, -0.15) is 11.8 Å². The van der Waals surface area contributed by atoms with E-state index in [1.165, 1.54) is 18.9 Å². The van der Waals surface area contributed by atoms with Crippen LogP contribution in [0.15, 0.2) is 0 Å². The summed E-state index contributed by atoms with van der Waals surface area (Å²) in [6.07, 6.45) is 1.66. The number of hydrogen-bond donors (Lipinski definition) is 1. The Kier molecular flexibility index (Phi) is 5.53. The number of ether oxygens (including phenoxy) is 1. The molecule has 0 aromatic carbocycles. The summed E-state index contributed by atoms with van der Waals surface area (Å²) in [5.41, 5.74) is 0. The number of aliphatic carboxylic acids is 1. The van der Waals surface area contributed by atoms with Crippen LogP contribution >= 0.6 is 11.8 Å². The largest absolute Gasteiger partial charge is 0.481 e. The second kappa shape index (κ2) is 5.88. The van der Waals surface area contributed by atoms with E-state index in [4.69, 9.17) is 5.11 Å². The third-order valence-electron chi connectivity index (χ3n) is 1.32. The zero-order valence-electron chi connectivity index (χ0n) is 7.07. The van der Waals surface area contributed by atoms with Gasteiger partial charge in [-0.15, -0.1) is 0 Å². The van der Waals surface area contributed by atoms with Crippen molar-refractivity contribution in [3.05, 3.63) is 0 Å². The van der Waals surface area contributed by atoms with E-state index in [9.17, 15) is 9.59 Å². The quantitative estimate of drug-likeness (QED) is 0.647. The second-order valence-electron chi connectivity index (χ2n) is 2.27. The number of carboxylic acid groups (broad SMARTS) is 1. The first-order valence-electron chi connectivity index (χ1n) is 3.40. The lowest BCUT2D eigenvalue weighted by Crippen LogP contribution is -2.21. The van der Waals surface area contributed by atoms with E-state index in [0.717, 1.165) is 0 Å². The minimum atomic E-state index is -0.973. The van der Waals surface area contributed by atoms with Gasteiger partial charge in [0.2, 0.25) is 0 Å². The first-order valence-corrected chi connectivity index (χ1v) is 4.79. The predicted molar refractivity (Wildman–Crippen MR) is 46.1 cm³/mol. The molecular weight excluding hydrogens is 180 g/mol. The van der Waals surface area contributed by atoms with E-state index in [1.807, 2.05) is 6.26 Å². The Hall–Kier alpha value is -0.710. The average Bonchev–Trinajstić information content (AvgIpc) is 2.01. The van der Waals surface area contributed by atoms with Crippen molar-refractivity contribution in [2.45, 2.75) is 6.42 Å². The van der Waals surface area contributed by atoms with Crippen molar-refractivity contribution >= 4 is 23.7 Å². The zero-order valence-corrected chi connectivity index (χ0v) is 7.89. The number of esters is 1. The summed E-state index contributed by atoms with van der Waals surface area (Å²) in [4.78, 5) is 21.2. The molecule has 0 fully saturated rings. The van der Waals surface area contributed by atoms with Crippen molar-refractivity contribution < 1.29 is 19.4 Å². The Labute approximate surface area is 75.3 Å². The standard InChI is InChI=1S/C7H12O4S/c1-11-7(10)5(4-12-2)3-6(8)9/h5H,3-4H2,1-2H3,(H,8,9). The smallest absolute Gasteiger partial charge is 0.310 e. The number of thioether (sulfide) groups is 1. The van der Waals surface area contributed by atoms with Crippen LogP contribution in [-0.4, -0.2) is 36.2 Å². The molecule has 0 aromatic rings. The molecule has 0 aliphatic heterocycles. The second-order valence-corrected chi connectivity index (χ2v) is 3.18. The Morgan fingerprint density at radius 1 is 1.58 bits per heavy atom. The van der Waals surface area contributed by atoms with Crippen LogP contribution in [-0.2, 0) is 14.3 Å². The SMILES string of the molecule is COC(=O)C(CSC)CC(=O)O. The van der Waals surface area contributed by atoms with E-state index in [-0.39, 0.29) is 6.42 Å². The molecule has 0 bridgehead atoms. The normalized spacial score (nSPS) is 12.2. The third kappa shape index (κ3) is 4.23. The molecule has 1 N–H and O–H groups in total. The van der Waals surface area contributed by atoms with Crippen LogP contribution in [0.4, 0.5) is 0 Å². The summed E-state index contributed by atoms with van der Waals surface area (Å²) in [7, 11) is 1.26. The zero-order chi connectivity index (χ0) is 9.56. The van der Waals surface area contributed by atoms with E-state index >= 15 is 0 Å². The number of carbonyl (C=O) groups is 2. The maximum atomic E-state index is 10.9. The molecule has 0 aromatic heterocycles. The van der Waals surface area contributed by atoms with Crippen molar-refractivity contribution in [3.63, 3.8) is 0 Å². The molecule has 0 aliphatic rings. The maximum Gasteiger partial charge on any atom is 0.310 e. The van der Waals surface area contributed by atoms with Gasteiger partial charge in [0.15, 0.2) is 0 Å². The fourth-order valence-electron chi connectivity index (χ4n) is 0.789. The van der Waals surface area contributed by atoms with Gasteiger partial charge in [0, 0.05) is 5.75 Å². The summed E-state index contributed by atoms with van der Waals surface area (Å²) in [5.74, 6) is -1.47. The van der Waals surface area contributed by atoms with E-state index < -0.39 is 17.9 Å². The summed E-state index contributed by atoms with van der Waals surface area (Å²) in [6, 6.07) is 0. The summed E-state index contributed by atoms with van der Waals surface area (Å²) in [5, 5.41) is 8.44. The van der Waals surface area contributed by atoms with Crippen LogP contribution in [0.1, 0.15) is 6.42 Å². The topological polar surface area (TPSA) is 63.6 Å². The molecule has 0 radical (unpaired) electrons. The number of rotatable bonds is 5. The van der Waals surface area contributed by atoms with Crippen molar-refractivity contribution in [2.24, 2.45) is 5.92 Å². The molecule has 5 heteroatoms. The van der Waals surface area contributed by atoms with Gasteiger partial charge in [-0.05, 0) is 6.26 Å². The molecule has 0 saturated carbocycles. The van der Waals surface area contributed by atoms with Gasteiger partial charge in [0.1, 0.15) is 0 Å². The highest BCUT2D eigenvalue weighted by Crippen LogP contribution is 2.11. The molecule has 0 spiro atoms. The summed E-state index contributed by atoms with van der Waals surface area (Å²) < 4.78 is 4.45. The van der Waals surface area contributed by atoms with Crippen molar-refractivity contribution in [2.75, 3.05) is 19.1 Å². The Morgan fingerprint density at radius 2 is 2.17 bits per heavy atom. The highest BCUT2D eigenvalue weighted by atomic mass is 32.2. The number of methoxy groups -OCH3 is 1. The monoisotopic (exact) mass is 192 g/mol. The lowest BCUT2D eigenvalue weighted by atomic mass is 10.1. The van der Waals surface area contributed by atoms with Crippen molar-refractivity contribution in [3.8, 4) is 0 Å². The van der Waals surface area contributed by atoms with Gasteiger partial charge in [0.25, 0.3) is 0 Å². The summed E-state index contributed by atoms with van der Waals surface area (Å²) in [6.45, 7) is 0. The highest BCUT2D eigenvalue weighted by molar-refractivity contribution is 7.98. The third-order valence-corrected chi connectivity index (χ3v) is 2.06. The lowest BCUT2D eigenvalue weighted by molar-refractivity contribution is -0.149. The van der Waals surface area contributed by atoms with Crippen LogP contribution in [0, 0.1) is 5.92 Å². The molecule has 1 atom stereocenters. The first kappa shape index (κ1) is 11.3. The van der Waals surface area contributed by atoms with Crippen LogP contribution in [0.3, 0.4) is 0 Å². The van der Waals surface area contributed by atoms with Crippen molar-refractivity contribution in [1.29, 1.82) is 0 Å². The maximum absolute atomic E-state index is 10.9. The molecule has 70 valence electrons. The first-order chi connectivity index (χ1) is 5.61. The number of hydrogen-bond acceptors (Lipinski definition) is 4. The van der Waals surface area contributed by atoms with Crippen molar-refractivity contribution in [1.82, 2.24) is 0 Å². The minimum Gasteiger partial charge on any atom is -0.481 e. The van der Waals surface area contributed by atoms with Gasteiger partial charge in [-0.25, -0.2) is 0 Å². The molecule has 1 unspecified atom stereocenters. The molecule has 0 saturated heterocycles. The van der Waals surface area contributed by atoms with Crippen LogP contribution in [0.2, 0.25) is 0 Å². The van der Waals surface area contributed by atoms with E-state index in [2.05, 4.69) is 4.74 Å². The molecule has 0 rings (SSSR count). The minimum absolute atomic E-state index is 0.159. The Balaban J connectivity index is 4.02. The fraction of sp³-hybridized carbons (Fsp3) is 0.714. The van der Waals surface area contributed by atoms with Gasteiger partial charge in [-0.1, -0.05) is 0 Å². The molecule has 0 heterocycles. The molecule has 0 aliphatic carbocycles. The van der Waals surface area contributed by atoms with E-state index in [1.54, 1.807) is 0 Å². The highest BCUT2D eigenvalue weighted by Gasteiger charge is 2.21. The van der Waals surface area contributed by atoms with Crippen LogP contribution < -0.4 is 0 Å². The fourth-order valence-corrected chi connectivity index (χ4v) is 1.45.